The highest BCUT2D eigenvalue weighted by molar-refractivity contribution is 7.94. The standard InChI is InChI=1S/C20H24N2O3S.C2HF3O2/c23-26(24)20(8-10-21(11-9-20)13-17-7-12-25-15-17)18-3-1-2-4-19(18)22(26)14-16-5-6-16;3-2(4,5)1(6)7/h1-4,7,12,15-16H,5-6,8-11,13-14H2;(H,6,7). The van der Waals surface area contributed by atoms with Crippen LogP contribution in [0.5, 0.6) is 0 Å². The van der Waals surface area contributed by atoms with Crippen LogP contribution in [0.25, 0.3) is 0 Å². The molecule has 3 aliphatic rings. The van der Waals surface area contributed by atoms with Gasteiger partial charge in [0.2, 0.25) is 10.0 Å². The average Bonchev–Trinajstić information content (AvgIpc) is 3.41. The van der Waals surface area contributed by atoms with Gasteiger partial charge in [-0.15, -0.1) is 0 Å². The van der Waals surface area contributed by atoms with Crippen molar-refractivity contribution in [2.75, 3.05) is 23.9 Å². The van der Waals surface area contributed by atoms with E-state index in [1.165, 1.54) is 0 Å². The number of furan rings is 1. The second-order valence-corrected chi connectivity index (χ2v) is 10.9. The molecule has 1 aromatic carbocycles. The smallest absolute Gasteiger partial charge is 0.475 e. The molecule has 3 heterocycles. The number of halogens is 3. The summed E-state index contributed by atoms with van der Waals surface area (Å²) in [7, 11) is -3.36. The molecule has 1 N–H and O–H groups in total. The predicted octanol–water partition coefficient (Wildman–Crippen LogP) is 3.96. The molecule has 1 aliphatic carbocycles. The fourth-order valence-corrected chi connectivity index (χ4v) is 6.92. The van der Waals surface area contributed by atoms with E-state index in [-0.39, 0.29) is 0 Å². The molecule has 1 spiro atoms. The van der Waals surface area contributed by atoms with Crippen molar-refractivity contribution in [3.8, 4) is 0 Å². The number of sulfonamides is 1. The molecule has 7 nitrogen and oxygen atoms in total. The first-order valence-electron chi connectivity index (χ1n) is 10.7. The van der Waals surface area contributed by atoms with E-state index in [2.05, 4.69) is 4.90 Å². The highest BCUT2D eigenvalue weighted by Gasteiger charge is 2.57. The van der Waals surface area contributed by atoms with E-state index >= 15 is 0 Å². The van der Waals surface area contributed by atoms with E-state index in [0.29, 0.717) is 25.3 Å². The van der Waals surface area contributed by atoms with Crippen LogP contribution in [0.4, 0.5) is 18.9 Å². The molecule has 33 heavy (non-hydrogen) atoms. The summed E-state index contributed by atoms with van der Waals surface area (Å²) in [6.45, 7) is 3.05. The maximum atomic E-state index is 13.6. The average molecular weight is 487 g/mol. The summed E-state index contributed by atoms with van der Waals surface area (Å²) in [5.74, 6) is -2.22. The molecule has 0 atom stereocenters. The molecule has 1 saturated carbocycles. The third-order valence-electron chi connectivity index (χ3n) is 6.46. The second-order valence-electron chi connectivity index (χ2n) is 8.70. The summed E-state index contributed by atoms with van der Waals surface area (Å²) in [6, 6.07) is 9.94. The van der Waals surface area contributed by atoms with Gasteiger partial charge in [0.05, 0.1) is 18.2 Å². The fraction of sp³-hybridized carbons (Fsp3) is 0.500. The number of piperidine rings is 1. The minimum atomic E-state index is -5.08. The normalized spacial score (nSPS) is 21.4. The predicted molar refractivity (Wildman–Crippen MR) is 114 cm³/mol. The zero-order chi connectivity index (χ0) is 23.9. The first-order chi connectivity index (χ1) is 15.5. The van der Waals surface area contributed by atoms with Crippen LogP contribution in [0, 0.1) is 5.92 Å². The minimum absolute atomic E-state index is 0.536. The topological polar surface area (TPSA) is 91.1 Å². The number of nitrogens with zero attached hydrogens (tertiary/aromatic N) is 2. The van der Waals surface area contributed by atoms with Crippen molar-refractivity contribution >= 4 is 21.7 Å². The third-order valence-corrected chi connectivity index (χ3v) is 9.00. The number of hydrogen-bond acceptors (Lipinski definition) is 5. The molecule has 0 amide bonds. The zero-order valence-electron chi connectivity index (χ0n) is 17.8. The van der Waals surface area contributed by atoms with Gasteiger partial charge in [-0.25, -0.2) is 13.2 Å². The van der Waals surface area contributed by atoms with Crippen molar-refractivity contribution in [1.82, 2.24) is 4.90 Å². The van der Waals surface area contributed by atoms with Gasteiger partial charge in [0, 0.05) is 31.7 Å². The Labute approximate surface area is 189 Å². The minimum Gasteiger partial charge on any atom is -0.475 e. The van der Waals surface area contributed by atoms with Crippen molar-refractivity contribution in [3.05, 3.63) is 54.0 Å². The monoisotopic (exact) mass is 486 g/mol. The Morgan fingerprint density at radius 1 is 1.15 bits per heavy atom. The molecule has 0 bridgehead atoms. The number of anilines is 1. The van der Waals surface area contributed by atoms with Crippen LogP contribution in [0.15, 0.2) is 47.3 Å². The number of para-hydroxylation sites is 1. The number of likely N-dealkylation sites (tertiary alicyclic amines) is 1. The zero-order valence-corrected chi connectivity index (χ0v) is 18.6. The number of carboxylic acids is 1. The first kappa shape index (κ1) is 23.6. The van der Waals surface area contributed by atoms with Crippen LogP contribution in [-0.2, 0) is 26.1 Å². The van der Waals surface area contributed by atoms with Crippen LogP contribution in [0.3, 0.4) is 0 Å². The SMILES string of the molecule is O=C(O)C(F)(F)F.O=S1(=O)N(CC2CC2)c2ccccc2C12CCN(Cc1ccoc1)CC2. The molecule has 0 radical (unpaired) electrons. The van der Waals surface area contributed by atoms with Gasteiger partial charge in [-0.3, -0.25) is 9.21 Å². The second kappa shape index (κ2) is 8.68. The van der Waals surface area contributed by atoms with Crippen molar-refractivity contribution in [3.63, 3.8) is 0 Å². The number of rotatable bonds is 4. The van der Waals surface area contributed by atoms with Gasteiger partial charge in [0.25, 0.3) is 0 Å². The van der Waals surface area contributed by atoms with Crippen molar-refractivity contribution in [2.24, 2.45) is 5.92 Å². The Morgan fingerprint density at radius 2 is 1.79 bits per heavy atom. The quantitative estimate of drug-likeness (QED) is 0.704. The Hall–Kier alpha value is -2.53. The number of carboxylic acid groups (broad SMARTS) is 1. The number of carbonyl (C=O) groups is 1. The Balaban J connectivity index is 0.000000325. The van der Waals surface area contributed by atoms with E-state index in [9.17, 15) is 21.6 Å². The summed E-state index contributed by atoms with van der Waals surface area (Å²) in [5.41, 5.74) is 3.08. The third kappa shape index (κ3) is 4.61. The lowest BCUT2D eigenvalue weighted by Gasteiger charge is -2.39. The molecule has 1 aromatic heterocycles. The molecule has 5 rings (SSSR count). The van der Waals surface area contributed by atoms with E-state index < -0.39 is 26.9 Å². The van der Waals surface area contributed by atoms with Crippen LogP contribution in [0.2, 0.25) is 0 Å². The lowest BCUT2D eigenvalue weighted by atomic mass is 9.87. The van der Waals surface area contributed by atoms with Gasteiger partial charge < -0.3 is 9.52 Å². The lowest BCUT2D eigenvalue weighted by Crippen LogP contribution is -2.48. The summed E-state index contributed by atoms with van der Waals surface area (Å²) >= 11 is 0. The van der Waals surface area contributed by atoms with E-state index in [1.54, 1.807) is 16.8 Å². The van der Waals surface area contributed by atoms with Crippen LogP contribution in [-0.4, -0.2) is 50.2 Å². The molecule has 1 saturated heterocycles. The maximum Gasteiger partial charge on any atom is 0.490 e. The molecule has 180 valence electrons. The molecular formula is C22H25F3N2O5S. The van der Waals surface area contributed by atoms with Gasteiger partial charge in [-0.2, -0.15) is 13.2 Å². The highest BCUT2D eigenvalue weighted by atomic mass is 32.2. The van der Waals surface area contributed by atoms with Crippen molar-refractivity contribution in [1.29, 1.82) is 0 Å². The van der Waals surface area contributed by atoms with Gasteiger partial charge in [-0.05, 0) is 49.3 Å². The van der Waals surface area contributed by atoms with Gasteiger partial charge in [0.1, 0.15) is 4.75 Å². The lowest BCUT2D eigenvalue weighted by molar-refractivity contribution is -0.192. The molecule has 2 aliphatic heterocycles. The Morgan fingerprint density at radius 3 is 2.33 bits per heavy atom. The molecule has 0 unspecified atom stereocenters. The van der Waals surface area contributed by atoms with E-state index in [4.69, 9.17) is 14.3 Å². The Bertz CT molecular complexity index is 1090. The molecule has 2 fully saturated rings. The number of fused-ring (bicyclic) bond motifs is 2. The van der Waals surface area contributed by atoms with Crippen LogP contribution in [0.1, 0.15) is 36.8 Å². The molecule has 11 heteroatoms. The molecule has 2 aromatic rings. The van der Waals surface area contributed by atoms with E-state index in [1.807, 2.05) is 30.3 Å². The Kier molecular flexibility index (Phi) is 6.21. The van der Waals surface area contributed by atoms with Crippen LogP contribution >= 0.6 is 0 Å². The summed E-state index contributed by atoms with van der Waals surface area (Å²) in [5, 5.41) is 7.12. The maximum absolute atomic E-state index is 13.6. The van der Waals surface area contributed by atoms with Gasteiger partial charge >= 0.3 is 12.1 Å². The summed E-state index contributed by atoms with van der Waals surface area (Å²) in [6.07, 6.45) is 1.99. The summed E-state index contributed by atoms with van der Waals surface area (Å²) < 4.78 is 65.1. The van der Waals surface area contributed by atoms with Gasteiger partial charge in [-0.1, -0.05) is 18.2 Å². The number of hydrogen-bond donors (Lipinski definition) is 1. The van der Waals surface area contributed by atoms with E-state index in [0.717, 1.165) is 49.3 Å². The van der Waals surface area contributed by atoms with Crippen molar-refractivity contribution < 1.29 is 35.9 Å². The highest BCUT2D eigenvalue weighted by Crippen LogP contribution is 2.53. The number of benzene rings is 1. The first-order valence-corrected chi connectivity index (χ1v) is 12.1. The fourth-order valence-electron chi connectivity index (χ4n) is 4.53. The number of alkyl halides is 3. The largest absolute Gasteiger partial charge is 0.490 e. The van der Waals surface area contributed by atoms with Crippen LogP contribution < -0.4 is 4.31 Å². The van der Waals surface area contributed by atoms with Crippen molar-refractivity contribution in [2.45, 2.75) is 43.2 Å². The molecular weight excluding hydrogens is 461 g/mol. The van der Waals surface area contributed by atoms with Gasteiger partial charge in [0.15, 0.2) is 0 Å². The number of aliphatic carboxylic acids is 1. The summed E-state index contributed by atoms with van der Waals surface area (Å²) in [4.78, 5) is 11.2.